The van der Waals surface area contributed by atoms with Gasteiger partial charge in [-0.3, -0.25) is 4.79 Å². The van der Waals surface area contributed by atoms with E-state index in [2.05, 4.69) is 6.58 Å². The van der Waals surface area contributed by atoms with E-state index in [0.717, 1.165) is 32.4 Å². The van der Waals surface area contributed by atoms with Gasteiger partial charge in [0.1, 0.15) is 0 Å². The predicted octanol–water partition coefficient (Wildman–Crippen LogP) is 1.74. The summed E-state index contributed by atoms with van der Waals surface area (Å²) in [4.78, 5) is 13.0. The van der Waals surface area contributed by atoms with E-state index >= 15 is 0 Å². The Labute approximate surface area is 73.6 Å². The number of rotatable bonds is 4. The summed E-state index contributed by atoms with van der Waals surface area (Å²) in [5.41, 5.74) is 0. The molecule has 1 heterocycles. The van der Waals surface area contributed by atoms with E-state index < -0.39 is 0 Å². The zero-order valence-electron chi connectivity index (χ0n) is 7.33. The first-order chi connectivity index (χ1) is 5.84. The fourth-order valence-electron chi connectivity index (χ4n) is 1.29. The molecular weight excluding hydrogens is 150 g/mol. The average molecular weight is 165 g/mol. The zero-order chi connectivity index (χ0) is 8.81. The van der Waals surface area contributed by atoms with Crippen molar-refractivity contribution in [3.05, 3.63) is 24.8 Å². The van der Waals surface area contributed by atoms with Crippen LogP contribution in [0.1, 0.15) is 19.3 Å². The van der Waals surface area contributed by atoms with Gasteiger partial charge in [-0.25, -0.2) is 0 Å². The Morgan fingerprint density at radius 2 is 2.33 bits per heavy atom. The fraction of sp³-hybridized carbons (Fsp3) is 0.500. The van der Waals surface area contributed by atoms with E-state index in [9.17, 15) is 4.79 Å². The Balaban J connectivity index is 2.22. The van der Waals surface area contributed by atoms with Crippen molar-refractivity contribution in [2.45, 2.75) is 19.3 Å². The molecule has 1 rings (SSSR count). The summed E-state index contributed by atoms with van der Waals surface area (Å²) in [7, 11) is 0. The lowest BCUT2D eigenvalue weighted by Gasteiger charge is -2.11. The smallest absolute Gasteiger partial charge is 0.222 e. The van der Waals surface area contributed by atoms with Gasteiger partial charge in [0.05, 0.1) is 0 Å². The molecule has 12 heavy (non-hydrogen) atoms. The summed E-state index contributed by atoms with van der Waals surface area (Å²) in [5, 5.41) is 0. The molecule has 2 heteroatoms. The molecule has 66 valence electrons. The second-order valence-electron chi connectivity index (χ2n) is 2.94. The van der Waals surface area contributed by atoms with Crippen LogP contribution in [0.3, 0.4) is 0 Å². The van der Waals surface area contributed by atoms with Gasteiger partial charge in [0, 0.05) is 19.5 Å². The predicted molar refractivity (Wildman–Crippen MR) is 49.8 cm³/mol. The molecule has 0 aromatic heterocycles. The number of carbonyl (C=O) groups excluding carboxylic acids is 1. The van der Waals surface area contributed by atoms with E-state index in [1.54, 1.807) is 0 Å². The number of carbonyl (C=O) groups is 1. The molecule has 1 saturated heterocycles. The SMILES string of the molecule is C=CC/C=C/CN1CCCC1=O. The van der Waals surface area contributed by atoms with Gasteiger partial charge in [-0.15, -0.1) is 6.58 Å². The molecule has 0 unspecified atom stereocenters. The highest BCUT2D eigenvalue weighted by Crippen LogP contribution is 2.08. The Morgan fingerprint density at radius 3 is 2.92 bits per heavy atom. The minimum Gasteiger partial charge on any atom is -0.339 e. The van der Waals surface area contributed by atoms with Crippen LogP contribution >= 0.6 is 0 Å². The molecule has 0 N–H and O–H groups in total. The van der Waals surface area contributed by atoms with Crippen LogP contribution in [0.4, 0.5) is 0 Å². The second kappa shape index (κ2) is 4.75. The van der Waals surface area contributed by atoms with Crippen molar-refractivity contribution in [2.24, 2.45) is 0 Å². The topological polar surface area (TPSA) is 20.3 Å². The Kier molecular flexibility index (Phi) is 3.58. The summed E-state index contributed by atoms with van der Waals surface area (Å²) in [6.45, 7) is 5.31. The van der Waals surface area contributed by atoms with Crippen molar-refractivity contribution in [3.63, 3.8) is 0 Å². The monoisotopic (exact) mass is 165 g/mol. The second-order valence-corrected chi connectivity index (χ2v) is 2.94. The third kappa shape index (κ3) is 2.53. The normalized spacial score (nSPS) is 17.7. The van der Waals surface area contributed by atoms with Gasteiger partial charge in [0.25, 0.3) is 0 Å². The lowest BCUT2D eigenvalue weighted by Crippen LogP contribution is -2.24. The molecule has 2 nitrogen and oxygen atoms in total. The maximum Gasteiger partial charge on any atom is 0.222 e. The van der Waals surface area contributed by atoms with Crippen LogP contribution in [0.25, 0.3) is 0 Å². The van der Waals surface area contributed by atoms with Gasteiger partial charge in [0.2, 0.25) is 5.91 Å². The molecule has 0 spiro atoms. The molecule has 0 aromatic carbocycles. The van der Waals surface area contributed by atoms with Gasteiger partial charge in [-0.05, 0) is 12.8 Å². The molecule has 0 saturated carbocycles. The number of nitrogens with zero attached hydrogens (tertiary/aromatic N) is 1. The van der Waals surface area contributed by atoms with E-state index in [0.29, 0.717) is 5.91 Å². The van der Waals surface area contributed by atoms with Crippen LogP contribution in [0.15, 0.2) is 24.8 Å². The number of hydrogen-bond donors (Lipinski definition) is 0. The lowest BCUT2D eigenvalue weighted by atomic mass is 10.3. The minimum atomic E-state index is 0.290. The van der Waals surface area contributed by atoms with Gasteiger partial charge in [-0.1, -0.05) is 18.2 Å². The molecule has 0 aromatic rings. The number of amides is 1. The van der Waals surface area contributed by atoms with Gasteiger partial charge in [-0.2, -0.15) is 0 Å². The van der Waals surface area contributed by atoms with E-state index in [-0.39, 0.29) is 0 Å². The maximum atomic E-state index is 11.1. The fourth-order valence-corrected chi connectivity index (χ4v) is 1.29. The summed E-state index contributed by atoms with van der Waals surface area (Å²) >= 11 is 0. The van der Waals surface area contributed by atoms with Gasteiger partial charge < -0.3 is 4.90 Å². The molecule has 1 fully saturated rings. The maximum absolute atomic E-state index is 11.1. The van der Waals surface area contributed by atoms with Crippen molar-refractivity contribution >= 4 is 5.91 Å². The molecule has 1 aliphatic heterocycles. The van der Waals surface area contributed by atoms with Gasteiger partial charge in [0.15, 0.2) is 0 Å². The molecule has 1 amide bonds. The first kappa shape index (κ1) is 9.04. The highest BCUT2D eigenvalue weighted by Gasteiger charge is 2.17. The zero-order valence-corrected chi connectivity index (χ0v) is 7.33. The standard InChI is InChI=1S/C10H15NO/c1-2-3-4-5-8-11-9-6-7-10(11)12/h2,4-5H,1,3,6-9H2/b5-4+. The van der Waals surface area contributed by atoms with Crippen LogP contribution in [0.2, 0.25) is 0 Å². The first-order valence-corrected chi connectivity index (χ1v) is 4.38. The van der Waals surface area contributed by atoms with Crippen molar-refractivity contribution in [1.29, 1.82) is 0 Å². The van der Waals surface area contributed by atoms with Crippen LogP contribution in [0, 0.1) is 0 Å². The Bertz CT molecular complexity index is 196. The first-order valence-electron chi connectivity index (χ1n) is 4.38. The average Bonchev–Trinajstić information content (AvgIpc) is 2.46. The Hall–Kier alpha value is -1.05. The molecule has 0 bridgehead atoms. The molecule has 0 atom stereocenters. The quantitative estimate of drug-likeness (QED) is 0.581. The summed E-state index contributed by atoms with van der Waals surface area (Å²) in [6, 6.07) is 0. The van der Waals surface area contributed by atoms with E-state index in [4.69, 9.17) is 0 Å². The third-order valence-corrected chi connectivity index (χ3v) is 1.97. The summed E-state index contributed by atoms with van der Waals surface area (Å²) < 4.78 is 0. The molecule has 1 aliphatic rings. The van der Waals surface area contributed by atoms with Crippen LogP contribution in [-0.4, -0.2) is 23.9 Å². The number of allylic oxidation sites excluding steroid dienone is 2. The molecular formula is C10H15NO. The van der Waals surface area contributed by atoms with Crippen molar-refractivity contribution in [3.8, 4) is 0 Å². The minimum absolute atomic E-state index is 0.290. The highest BCUT2D eigenvalue weighted by atomic mass is 16.2. The van der Waals surface area contributed by atoms with E-state index in [1.165, 1.54) is 0 Å². The van der Waals surface area contributed by atoms with Crippen LogP contribution < -0.4 is 0 Å². The Morgan fingerprint density at radius 1 is 1.50 bits per heavy atom. The summed E-state index contributed by atoms with van der Waals surface area (Å²) in [5.74, 6) is 0.290. The van der Waals surface area contributed by atoms with Gasteiger partial charge >= 0.3 is 0 Å². The van der Waals surface area contributed by atoms with E-state index in [1.807, 2.05) is 23.1 Å². The largest absolute Gasteiger partial charge is 0.339 e. The number of likely N-dealkylation sites (tertiary alicyclic amines) is 1. The lowest BCUT2D eigenvalue weighted by molar-refractivity contribution is -0.127. The van der Waals surface area contributed by atoms with Crippen LogP contribution in [-0.2, 0) is 4.79 Å². The highest BCUT2D eigenvalue weighted by molar-refractivity contribution is 5.78. The van der Waals surface area contributed by atoms with Crippen molar-refractivity contribution in [2.75, 3.05) is 13.1 Å². The third-order valence-electron chi connectivity index (χ3n) is 1.97. The summed E-state index contributed by atoms with van der Waals surface area (Å²) in [6.07, 6.45) is 8.57. The number of hydrogen-bond acceptors (Lipinski definition) is 1. The van der Waals surface area contributed by atoms with Crippen molar-refractivity contribution in [1.82, 2.24) is 4.90 Å². The van der Waals surface area contributed by atoms with Crippen LogP contribution in [0.5, 0.6) is 0 Å². The van der Waals surface area contributed by atoms with Crippen molar-refractivity contribution < 1.29 is 4.79 Å². The molecule has 0 radical (unpaired) electrons. The molecule has 0 aliphatic carbocycles.